The third-order valence-electron chi connectivity index (χ3n) is 1.92. The van der Waals surface area contributed by atoms with Gasteiger partial charge in [0, 0.05) is 15.6 Å². The van der Waals surface area contributed by atoms with E-state index in [4.69, 9.17) is 11.6 Å². The average Bonchev–Trinajstić information content (AvgIpc) is 2.49. The van der Waals surface area contributed by atoms with E-state index in [1.54, 1.807) is 0 Å². The molecule has 1 N–H and O–H groups in total. The van der Waals surface area contributed by atoms with E-state index in [2.05, 4.69) is 18.3 Å². The average molecular weight is 230 g/mol. The van der Waals surface area contributed by atoms with E-state index >= 15 is 0 Å². The molecule has 1 nitrogen and oxygen atoms in total. The van der Waals surface area contributed by atoms with Crippen LogP contribution in [0.5, 0.6) is 0 Å². The Bertz CT molecular complexity index is 294. The summed E-state index contributed by atoms with van der Waals surface area (Å²) in [6, 6.07) is 4.14. The van der Waals surface area contributed by atoms with E-state index in [0.717, 1.165) is 10.6 Å². The zero-order chi connectivity index (χ0) is 10.7. The number of anilines is 1. The normalized spacial score (nSPS) is 17.9. The van der Waals surface area contributed by atoms with Crippen molar-refractivity contribution in [3.63, 3.8) is 0 Å². The van der Waals surface area contributed by atoms with E-state index in [-0.39, 0.29) is 0 Å². The Morgan fingerprint density at radius 3 is 2.64 bits per heavy atom. The van der Waals surface area contributed by atoms with Crippen LogP contribution in [0.2, 0.25) is 5.02 Å². The Kier molecular flexibility index (Phi) is 4.14. The molecule has 14 heavy (non-hydrogen) atoms. The molecule has 0 bridgehead atoms. The molecule has 3 heteroatoms. The lowest BCUT2D eigenvalue weighted by Gasteiger charge is -2.02. The first-order valence-electron chi connectivity index (χ1n) is 4.90. The summed E-state index contributed by atoms with van der Waals surface area (Å²) < 4.78 is 0. The maximum atomic E-state index is 6.00. The minimum atomic E-state index is 0.470. The second-order valence-electron chi connectivity index (χ2n) is 3.00. The molecule has 1 aliphatic rings. The number of halogens is 1. The minimum absolute atomic E-state index is 0.470. The fourth-order valence-corrected chi connectivity index (χ4v) is 2.54. The standard InChI is InChI=1S/C9H10ClNS.C2H6/c1-5-3-8-9(4-7(5)10)12-6(2)11-8;1-2/h3-4,6,11H,1-2H3;1-2H3. The van der Waals surface area contributed by atoms with Crippen LogP contribution in [0, 0.1) is 6.92 Å². The Morgan fingerprint density at radius 1 is 1.36 bits per heavy atom. The highest BCUT2D eigenvalue weighted by molar-refractivity contribution is 8.00. The molecule has 1 atom stereocenters. The van der Waals surface area contributed by atoms with Crippen molar-refractivity contribution in [1.29, 1.82) is 0 Å². The van der Waals surface area contributed by atoms with Gasteiger partial charge in [-0.25, -0.2) is 0 Å². The van der Waals surface area contributed by atoms with Crippen LogP contribution < -0.4 is 5.32 Å². The van der Waals surface area contributed by atoms with E-state index in [1.807, 2.05) is 38.6 Å². The first-order valence-corrected chi connectivity index (χ1v) is 6.16. The summed E-state index contributed by atoms with van der Waals surface area (Å²) in [4.78, 5) is 1.26. The molecule has 1 aliphatic heterocycles. The number of fused-ring (bicyclic) bond motifs is 1. The molecule has 0 saturated carbocycles. The third-order valence-corrected chi connectivity index (χ3v) is 3.39. The zero-order valence-electron chi connectivity index (χ0n) is 9.02. The van der Waals surface area contributed by atoms with Crippen LogP contribution >= 0.6 is 23.4 Å². The van der Waals surface area contributed by atoms with Crippen LogP contribution in [0.15, 0.2) is 17.0 Å². The fourth-order valence-electron chi connectivity index (χ4n) is 1.31. The van der Waals surface area contributed by atoms with Crippen LogP contribution in [-0.4, -0.2) is 5.37 Å². The summed E-state index contributed by atoms with van der Waals surface area (Å²) in [5.41, 5.74) is 2.35. The lowest BCUT2D eigenvalue weighted by atomic mass is 10.2. The van der Waals surface area contributed by atoms with Gasteiger partial charge in [-0.1, -0.05) is 37.2 Å². The van der Waals surface area contributed by atoms with Crippen molar-refractivity contribution in [2.45, 2.75) is 38.0 Å². The number of hydrogen-bond donors (Lipinski definition) is 1. The first-order chi connectivity index (χ1) is 6.66. The van der Waals surface area contributed by atoms with E-state index in [9.17, 15) is 0 Å². The van der Waals surface area contributed by atoms with Crippen LogP contribution in [0.1, 0.15) is 26.3 Å². The summed E-state index contributed by atoms with van der Waals surface area (Å²) in [7, 11) is 0. The first kappa shape index (κ1) is 11.7. The second kappa shape index (κ2) is 4.94. The Labute approximate surface area is 95.2 Å². The van der Waals surface area contributed by atoms with Crippen molar-refractivity contribution in [2.75, 3.05) is 5.32 Å². The molecule has 0 fully saturated rings. The van der Waals surface area contributed by atoms with E-state index in [0.29, 0.717) is 5.37 Å². The second-order valence-corrected chi connectivity index (χ2v) is 4.79. The van der Waals surface area contributed by atoms with Crippen LogP contribution in [0.3, 0.4) is 0 Å². The molecular weight excluding hydrogens is 214 g/mol. The maximum Gasteiger partial charge on any atom is 0.0741 e. The number of aryl methyl sites for hydroxylation is 1. The van der Waals surface area contributed by atoms with Gasteiger partial charge in [-0.15, -0.1) is 0 Å². The fraction of sp³-hybridized carbons (Fsp3) is 0.455. The number of rotatable bonds is 0. The highest BCUT2D eigenvalue weighted by Gasteiger charge is 2.17. The monoisotopic (exact) mass is 229 g/mol. The molecule has 0 spiro atoms. The SMILES string of the molecule is CC.Cc1cc2c(cc1Cl)SC(C)N2. The molecule has 0 aliphatic carbocycles. The van der Waals surface area contributed by atoms with Gasteiger partial charge in [0.25, 0.3) is 0 Å². The summed E-state index contributed by atoms with van der Waals surface area (Å²) >= 11 is 7.82. The van der Waals surface area contributed by atoms with Gasteiger partial charge < -0.3 is 5.32 Å². The van der Waals surface area contributed by atoms with Crippen molar-refractivity contribution >= 4 is 29.1 Å². The number of thioether (sulfide) groups is 1. The maximum absolute atomic E-state index is 6.00. The van der Waals surface area contributed by atoms with Gasteiger partial charge >= 0.3 is 0 Å². The van der Waals surface area contributed by atoms with Gasteiger partial charge in [-0.2, -0.15) is 0 Å². The molecule has 0 saturated heterocycles. The van der Waals surface area contributed by atoms with E-state index < -0.39 is 0 Å². The van der Waals surface area contributed by atoms with Crippen molar-refractivity contribution in [1.82, 2.24) is 0 Å². The molecular formula is C11H16ClNS. The molecule has 0 radical (unpaired) electrons. The Morgan fingerprint density at radius 2 is 2.00 bits per heavy atom. The smallest absolute Gasteiger partial charge is 0.0741 e. The van der Waals surface area contributed by atoms with Gasteiger partial charge in [0.05, 0.1) is 5.37 Å². The lowest BCUT2D eigenvalue weighted by Crippen LogP contribution is -2.02. The highest BCUT2D eigenvalue weighted by Crippen LogP contribution is 2.40. The molecule has 1 unspecified atom stereocenters. The van der Waals surface area contributed by atoms with Crippen molar-refractivity contribution in [2.24, 2.45) is 0 Å². The van der Waals surface area contributed by atoms with Crippen molar-refractivity contribution < 1.29 is 0 Å². The van der Waals surface area contributed by atoms with Crippen LogP contribution in [-0.2, 0) is 0 Å². The molecule has 2 rings (SSSR count). The van der Waals surface area contributed by atoms with Crippen LogP contribution in [0.4, 0.5) is 5.69 Å². The van der Waals surface area contributed by atoms with Crippen molar-refractivity contribution in [3.05, 3.63) is 22.7 Å². The molecule has 1 heterocycles. The largest absolute Gasteiger partial charge is 0.372 e. The van der Waals surface area contributed by atoms with Gasteiger partial charge in [0.1, 0.15) is 0 Å². The van der Waals surface area contributed by atoms with Gasteiger partial charge in [-0.3, -0.25) is 0 Å². The molecule has 1 aromatic rings. The predicted molar refractivity (Wildman–Crippen MR) is 66.5 cm³/mol. The number of benzene rings is 1. The topological polar surface area (TPSA) is 12.0 Å². The summed E-state index contributed by atoms with van der Waals surface area (Å²) in [6.45, 7) is 8.17. The molecule has 78 valence electrons. The quantitative estimate of drug-likeness (QED) is 0.701. The van der Waals surface area contributed by atoms with Crippen molar-refractivity contribution in [3.8, 4) is 0 Å². The number of hydrogen-bond acceptors (Lipinski definition) is 2. The summed E-state index contributed by atoms with van der Waals surface area (Å²) in [6.07, 6.45) is 0. The molecule has 0 aromatic heterocycles. The third kappa shape index (κ3) is 2.37. The van der Waals surface area contributed by atoms with Gasteiger partial charge in [0.2, 0.25) is 0 Å². The van der Waals surface area contributed by atoms with Gasteiger partial charge in [0.15, 0.2) is 0 Å². The predicted octanol–water partition coefficient (Wildman–Crippen LogP) is 4.54. The van der Waals surface area contributed by atoms with Crippen LogP contribution in [0.25, 0.3) is 0 Å². The number of nitrogens with one attached hydrogen (secondary N) is 1. The summed E-state index contributed by atoms with van der Waals surface area (Å²) in [5.74, 6) is 0. The molecule has 0 amide bonds. The summed E-state index contributed by atoms with van der Waals surface area (Å²) in [5, 5.41) is 4.70. The lowest BCUT2D eigenvalue weighted by molar-refractivity contribution is 1.15. The van der Waals surface area contributed by atoms with E-state index in [1.165, 1.54) is 10.6 Å². The highest BCUT2D eigenvalue weighted by atomic mass is 35.5. The zero-order valence-corrected chi connectivity index (χ0v) is 10.6. The Balaban J connectivity index is 0.000000461. The van der Waals surface area contributed by atoms with Gasteiger partial charge in [-0.05, 0) is 31.5 Å². The Hall–Kier alpha value is -0.340. The minimum Gasteiger partial charge on any atom is -0.372 e. The molecule has 1 aromatic carbocycles.